The maximum Gasteiger partial charge on any atom is 0.223 e. The number of hydrogen-bond acceptors (Lipinski definition) is 2. The number of nitrogens with zero attached hydrogens (tertiary/aromatic N) is 1. The first-order valence-electron chi connectivity index (χ1n) is 4.95. The highest BCUT2D eigenvalue weighted by Crippen LogP contribution is 2.09. The Bertz CT molecular complexity index is 496. The Balaban J connectivity index is 2.19. The van der Waals surface area contributed by atoms with Crippen molar-refractivity contribution in [2.75, 3.05) is 0 Å². The van der Waals surface area contributed by atoms with E-state index in [9.17, 15) is 9.18 Å². The van der Waals surface area contributed by atoms with Crippen LogP contribution in [0, 0.1) is 5.95 Å². The van der Waals surface area contributed by atoms with Crippen molar-refractivity contribution in [2.24, 2.45) is 0 Å². The zero-order valence-electron chi connectivity index (χ0n) is 8.56. The summed E-state index contributed by atoms with van der Waals surface area (Å²) in [7, 11) is 0. The minimum Gasteiger partial charge on any atom is -0.294 e. The largest absolute Gasteiger partial charge is 0.294 e. The average Bonchev–Trinajstić information content (AvgIpc) is 2.31. The van der Waals surface area contributed by atoms with E-state index in [1.165, 1.54) is 12.3 Å². The molecule has 0 spiro atoms. The van der Waals surface area contributed by atoms with Crippen LogP contribution in [0.25, 0.3) is 0 Å². The molecule has 0 radical (unpaired) electrons. The number of aromatic nitrogens is 1. The van der Waals surface area contributed by atoms with Gasteiger partial charge in [-0.05, 0) is 17.7 Å². The van der Waals surface area contributed by atoms with Gasteiger partial charge in [0.15, 0.2) is 5.78 Å². The topological polar surface area (TPSA) is 30.0 Å². The van der Waals surface area contributed by atoms with Crippen LogP contribution in [-0.4, -0.2) is 10.8 Å². The van der Waals surface area contributed by atoms with E-state index in [0.717, 1.165) is 5.56 Å². The minimum absolute atomic E-state index is 0.0475. The molecule has 0 atom stereocenters. The lowest BCUT2D eigenvalue weighted by Gasteiger charge is -2.01. The summed E-state index contributed by atoms with van der Waals surface area (Å²) in [5.41, 5.74) is 0.919. The van der Waals surface area contributed by atoms with Gasteiger partial charge in [0.2, 0.25) is 5.95 Å². The van der Waals surface area contributed by atoms with Crippen LogP contribution in [0.4, 0.5) is 4.39 Å². The van der Waals surface area contributed by atoms with Crippen LogP contribution in [0.15, 0.2) is 48.7 Å². The second-order valence-electron chi connectivity index (χ2n) is 3.43. The van der Waals surface area contributed by atoms with E-state index in [4.69, 9.17) is 0 Å². The first kappa shape index (κ1) is 10.5. The molecule has 0 aliphatic rings. The summed E-state index contributed by atoms with van der Waals surface area (Å²) in [4.78, 5) is 15.2. The van der Waals surface area contributed by atoms with Gasteiger partial charge in [0.1, 0.15) is 0 Å². The zero-order valence-corrected chi connectivity index (χ0v) is 8.56. The van der Waals surface area contributed by atoms with Crippen LogP contribution < -0.4 is 0 Å². The van der Waals surface area contributed by atoms with Crippen LogP contribution in [-0.2, 0) is 6.42 Å². The van der Waals surface area contributed by atoms with Crippen LogP contribution in [0.5, 0.6) is 0 Å². The summed E-state index contributed by atoms with van der Waals surface area (Å²) in [6, 6.07) is 12.3. The van der Waals surface area contributed by atoms with Crippen LogP contribution in [0.1, 0.15) is 15.9 Å². The Hall–Kier alpha value is -2.03. The normalized spacial score (nSPS) is 10.1. The number of pyridine rings is 1. The Morgan fingerprint density at radius 3 is 2.56 bits per heavy atom. The molecule has 0 aliphatic heterocycles. The molecule has 16 heavy (non-hydrogen) atoms. The number of carbonyl (C=O) groups is 1. The van der Waals surface area contributed by atoms with Crippen LogP contribution in [0.3, 0.4) is 0 Å². The van der Waals surface area contributed by atoms with Gasteiger partial charge in [-0.1, -0.05) is 30.3 Å². The van der Waals surface area contributed by atoms with Crippen molar-refractivity contribution < 1.29 is 9.18 Å². The molecular weight excluding hydrogens is 205 g/mol. The van der Waals surface area contributed by atoms with Crippen molar-refractivity contribution in [3.63, 3.8) is 0 Å². The van der Waals surface area contributed by atoms with E-state index in [-0.39, 0.29) is 17.8 Å². The highest BCUT2D eigenvalue weighted by Gasteiger charge is 2.12. The molecule has 1 aromatic heterocycles. The molecule has 0 unspecified atom stereocenters. The highest BCUT2D eigenvalue weighted by molar-refractivity contribution is 5.97. The predicted octanol–water partition coefficient (Wildman–Crippen LogP) is 2.65. The molecule has 2 aromatic rings. The van der Waals surface area contributed by atoms with Gasteiger partial charge in [0, 0.05) is 12.6 Å². The summed E-state index contributed by atoms with van der Waals surface area (Å²) < 4.78 is 13.2. The lowest BCUT2D eigenvalue weighted by atomic mass is 10.0. The van der Waals surface area contributed by atoms with Gasteiger partial charge in [-0.3, -0.25) is 4.79 Å². The van der Waals surface area contributed by atoms with Gasteiger partial charge >= 0.3 is 0 Å². The quantitative estimate of drug-likeness (QED) is 0.582. The molecule has 0 aliphatic carbocycles. The van der Waals surface area contributed by atoms with E-state index in [1.807, 2.05) is 30.3 Å². The minimum atomic E-state index is -0.705. The maximum atomic E-state index is 13.2. The number of halogens is 1. The van der Waals surface area contributed by atoms with Gasteiger partial charge < -0.3 is 0 Å². The lowest BCUT2D eigenvalue weighted by molar-refractivity contribution is 0.0988. The number of benzene rings is 1. The third kappa shape index (κ3) is 2.31. The number of rotatable bonds is 3. The smallest absolute Gasteiger partial charge is 0.223 e. The van der Waals surface area contributed by atoms with E-state index in [0.29, 0.717) is 0 Å². The molecule has 2 nitrogen and oxygen atoms in total. The second-order valence-corrected chi connectivity index (χ2v) is 3.43. The van der Waals surface area contributed by atoms with Crippen molar-refractivity contribution in [2.45, 2.75) is 6.42 Å². The van der Waals surface area contributed by atoms with Crippen molar-refractivity contribution >= 4 is 5.78 Å². The number of ketones is 1. The standard InChI is InChI=1S/C13H10FNO/c14-13-11(7-4-8-15-13)12(16)9-10-5-2-1-3-6-10/h1-8H,9H2. The fourth-order valence-electron chi connectivity index (χ4n) is 1.47. The van der Waals surface area contributed by atoms with Gasteiger partial charge in [-0.25, -0.2) is 4.98 Å². The first-order valence-corrected chi connectivity index (χ1v) is 4.95. The second kappa shape index (κ2) is 4.66. The Kier molecular flexibility index (Phi) is 3.05. The van der Waals surface area contributed by atoms with E-state index in [2.05, 4.69) is 4.98 Å². The molecule has 1 heterocycles. The maximum absolute atomic E-state index is 13.2. The van der Waals surface area contributed by atoms with Crippen molar-refractivity contribution in [3.05, 3.63) is 65.7 Å². The fraction of sp³-hybridized carbons (Fsp3) is 0.0769. The summed E-state index contributed by atoms with van der Waals surface area (Å²) in [5, 5.41) is 0. The molecule has 80 valence electrons. The molecule has 0 N–H and O–H groups in total. The first-order chi connectivity index (χ1) is 7.77. The summed E-state index contributed by atoms with van der Waals surface area (Å²) >= 11 is 0. The number of hydrogen-bond donors (Lipinski definition) is 0. The van der Waals surface area contributed by atoms with Gasteiger partial charge in [-0.15, -0.1) is 0 Å². The van der Waals surface area contributed by atoms with E-state index >= 15 is 0 Å². The molecule has 0 saturated heterocycles. The van der Waals surface area contributed by atoms with Crippen LogP contribution >= 0.6 is 0 Å². The number of Topliss-reactive ketones (excluding diaryl/α,β-unsaturated/α-hetero) is 1. The molecule has 3 heteroatoms. The third-order valence-corrected chi connectivity index (χ3v) is 2.27. The molecular formula is C13H10FNO. The molecule has 0 fully saturated rings. The predicted molar refractivity (Wildman–Crippen MR) is 58.7 cm³/mol. The SMILES string of the molecule is O=C(Cc1ccccc1)c1cccnc1F. The molecule has 0 saturated carbocycles. The molecule has 0 amide bonds. The zero-order chi connectivity index (χ0) is 11.4. The molecule has 0 bridgehead atoms. The van der Waals surface area contributed by atoms with E-state index < -0.39 is 5.95 Å². The monoisotopic (exact) mass is 215 g/mol. The summed E-state index contributed by atoms with van der Waals surface area (Å²) in [6.45, 7) is 0. The molecule has 2 rings (SSSR count). The summed E-state index contributed by atoms with van der Waals surface area (Å²) in [5.74, 6) is -0.958. The fourth-order valence-corrected chi connectivity index (χ4v) is 1.47. The van der Waals surface area contributed by atoms with Gasteiger partial charge in [-0.2, -0.15) is 4.39 Å². The third-order valence-electron chi connectivity index (χ3n) is 2.27. The van der Waals surface area contributed by atoms with Gasteiger partial charge in [0.25, 0.3) is 0 Å². The average molecular weight is 215 g/mol. The van der Waals surface area contributed by atoms with Crippen molar-refractivity contribution in [3.8, 4) is 0 Å². The molecule has 1 aromatic carbocycles. The van der Waals surface area contributed by atoms with Crippen LogP contribution in [0.2, 0.25) is 0 Å². The lowest BCUT2D eigenvalue weighted by Crippen LogP contribution is -2.07. The highest BCUT2D eigenvalue weighted by atomic mass is 19.1. The summed E-state index contributed by atoms with van der Waals surface area (Å²) in [6.07, 6.45) is 1.53. The number of carbonyl (C=O) groups excluding carboxylic acids is 1. The Morgan fingerprint density at radius 1 is 1.12 bits per heavy atom. The van der Waals surface area contributed by atoms with Crippen molar-refractivity contribution in [1.29, 1.82) is 0 Å². The Morgan fingerprint density at radius 2 is 1.88 bits per heavy atom. The van der Waals surface area contributed by atoms with Gasteiger partial charge in [0.05, 0.1) is 5.56 Å². The van der Waals surface area contributed by atoms with Crippen molar-refractivity contribution in [1.82, 2.24) is 4.98 Å². The van der Waals surface area contributed by atoms with E-state index in [1.54, 1.807) is 6.07 Å². The Labute approximate surface area is 92.8 Å².